The minimum Gasteiger partial charge on any atom is -0.349 e. The zero-order valence-electron chi connectivity index (χ0n) is 12.0. The molecular formula is C16H21N3O. The quantitative estimate of drug-likeness (QED) is 0.878. The van der Waals surface area contributed by atoms with Gasteiger partial charge in [-0.1, -0.05) is 37.3 Å². The summed E-state index contributed by atoms with van der Waals surface area (Å²) in [6.45, 7) is 4.64. The SMILES string of the molecule is CC[C@H](NC(=O)CCn1ccc(C)n1)c1ccccc1. The first-order valence-corrected chi connectivity index (χ1v) is 7.03. The normalized spacial score (nSPS) is 12.1. The summed E-state index contributed by atoms with van der Waals surface area (Å²) in [6.07, 6.45) is 3.23. The highest BCUT2D eigenvalue weighted by atomic mass is 16.1. The molecule has 20 heavy (non-hydrogen) atoms. The standard InChI is InChI=1S/C16H21N3O/c1-3-15(14-7-5-4-6-8-14)17-16(20)10-12-19-11-9-13(2)18-19/h4-9,11,15H,3,10,12H2,1-2H3,(H,17,20)/t15-/m0/s1. The lowest BCUT2D eigenvalue weighted by atomic mass is 10.0. The van der Waals surface area contributed by atoms with Crippen molar-refractivity contribution >= 4 is 5.91 Å². The second kappa shape index (κ2) is 6.89. The second-order valence-electron chi connectivity index (χ2n) is 4.91. The Balaban J connectivity index is 1.86. The number of carbonyl (C=O) groups is 1. The molecule has 0 spiro atoms. The van der Waals surface area contributed by atoms with Gasteiger partial charge in [0.15, 0.2) is 0 Å². The maximum Gasteiger partial charge on any atom is 0.222 e. The average molecular weight is 271 g/mol. The van der Waals surface area contributed by atoms with E-state index in [0.717, 1.165) is 17.7 Å². The second-order valence-corrected chi connectivity index (χ2v) is 4.91. The van der Waals surface area contributed by atoms with Crippen LogP contribution in [0.4, 0.5) is 0 Å². The molecule has 0 radical (unpaired) electrons. The summed E-state index contributed by atoms with van der Waals surface area (Å²) in [7, 11) is 0. The summed E-state index contributed by atoms with van der Waals surface area (Å²) in [5.74, 6) is 0.0638. The molecule has 0 saturated heterocycles. The van der Waals surface area contributed by atoms with Crippen LogP contribution in [0.3, 0.4) is 0 Å². The topological polar surface area (TPSA) is 46.9 Å². The Kier molecular flexibility index (Phi) is 4.93. The fraction of sp³-hybridized carbons (Fsp3) is 0.375. The fourth-order valence-corrected chi connectivity index (χ4v) is 2.18. The molecule has 0 aliphatic rings. The van der Waals surface area contributed by atoms with Crippen molar-refractivity contribution in [3.8, 4) is 0 Å². The van der Waals surface area contributed by atoms with E-state index in [4.69, 9.17) is 0 Å². The minimum atomic E-state index is 0.0638. The van der Waals surface area contributed by atoms with E-state index in [1.54, 1.807) is 4.68 Å². The Morgan fingerprint density at radius 2 is 2.05 bits per heavy atom. The molecule has 1 N–H and O–H groups in total. The zero-order valence-corrected chi connectivity index (χ0v) is 12.0. The smallest absolute Gasteiger partial charge is 0.222 e. The van der Waals surface area contributed by atoms with Gasteiger partial charge in [-0.25, -0.2) is 0 Å². The van der Waals surface area contributed by atoms with E-state index in [-0.39, 0.29) is 11.9 Å². The molecule has 1 aromatic heterocycles. The van der Waals surface area contributed by atoms with Crippen LogP contribution in [0, 0.1) is 6.92 Å². The summed E-state index contributed by atoms with van der Waals surface area (Å²) in [4.78, 5) is 12.0. The molecule has 0 fully saturated rings. The van der Waals surface area contributed by atoms with Crippen LogP contribution in [0.2, 0.25) is 0 Å². The Morgan fingerprint density at radius 3 is 2.65 bits per heavy atom. The summed E-state index contributed by atoms with van der Waals surface area (Å²) in [5, 5.41) is 7.36. The predicted molar refractivity (Wildman–Crippen MR) is 79.2 cm³/mol. The van der Waals surface area contributed by atoms with E-state index in [0.29, 0.717) is 13.0 Å². The predicted octanol–water partition coefficient (Wildman–Crippen LogP) is 2.85. The summed E-state index contributed by atoms with van der Waals surface area (Å²) >= 11 is 0. The van der Waals surface area contributed by atoms with Gasteiger partial charge in [0.2, 0.25) is 5.91 Å². The summed E-state index contributed by atoms with van der Waals surface area (Å²) in [6, 6.07) is 12.1. The van der Waals surface area contributed by atoms with Gasteiger partial charge in [-0.05, 0) is 25.0 Å². The first-order chi connectivity index (χ1) is 9.69. The third-order valence-corrected chi connectivity index (χ3v) is 3.29. The molecule has 2 aromatic rings. The Bertz CT molecular complexity index is 548. The molecule has 4 heteroatoms. The van der Waals surface area contributed by atoms with E-state index in [9.17, 15) is 4.79 Å². The first-order valence-electron chi connectivity index (χ1n) is 7.03. The van der Waals surface area contributed by atoms with Gasteiger partial charge >= 0.3 is 0 Å². The van der Waals surface area contributed by atoms with Gasteiger partial charge in [-0.3, -0.25) is 9.48 Å². The van der Waals surface area contributed by atoms with Gasteiger partial charge in [-0.2, -0.15) is 5.10 Å². The molecule has 0 saturated carbocycles. The number of aromatic nitrogens is 2. The minimum absolute atomic E-state index is 0.0638. The monoisotopic (exact) mass is 271 g/mol. The summed E-state index contributed by atoms with van der Waals surface area (Å²) < 4.78 is 1.80. The number of benzene rings is 1. The maximum absolute atomic E-state index is 12.0. The molecule has 106 valence electrons. The molecule has 0 bridgehead atoms. The molecule has 0 unspecified atom stereocenters. The van der Waals surface area contributed by atoms with E-state index >= 15 is 0 Å². The molecule has 0 aliphatic heterocycles. The number of aryl methyl sites for hydroxylation is 2. The Labute approximate surface area is 119 Å². The van der Waals surface area contributed by atoms with Crippen molar-refractivity contribution in [3.63, 3.8) is 0 Å². The van der Waals surface area contributed by atoms with Crippen LogP contribution < -0.4 is 5.32 Å². The molecule has 0 aliphatic carbocycles. The highest BCUT2D eigenvalue weighted by Crippen LogP contribution is 2.15. The van der Waals surface area contributed by atoms with E-state index < -0.39 is 0 Å². The number of hydrogen-bond donors (Lipinski definition) is 1. The highest BCUT2D eigenvalue weighted by Gasteiger charge is 2.12. The van der Waals surface area contributed by atoms with Crippen LogP contribution in [-0.2, 0) is 11.3 Å². The van der Waals surface area contributed by atoms with Crippen molar-refractivity contribution in [3.05, 3.63) is 53.9 Å². The van der Waals surface area contributed by atoms with Crippen LogP contribution in [0.1, 0.15) is 37.1 Å². The Hall–Kier alpha value is -2.10. The lowest BCUT2D eigenvalue weighted by molar-refractivity contribution is -0.122. The Morgan fingerprint density at radius 1 is 1.30 bits per heavy atom. The van der Waals surface area contributed by atoms with Gasteiger partial charge in [0.05, 0.1) is 11.7 Å². The lowest BCUT2D eigenvalue weighted by Gasteiger charge is -2.17. The largest absolute Gasteiger partial charge is 0.349 e. The molecular weight excluding hydrogens is 250 g/mol. The van der Waals surface area contributed by atoms with Crippen molar-refractivity contribution in [2.45, 2.75) is 39.3 Å². The van der Waals surface area contributed by atoms with Crippen molar-refractivity contribution in [2.75, 3.05) is 0 Å². The average Bonchev–Trinajstić information content (AvgIpc) is 2.89. The molecule has 1 heterocycles. The maximum atomic E-state index is 12.0. The fourth-order valence-electron chi connectivity index (χ4n) is 2.18. The molecule has 2 rings (SSSR count). The van der Waals surface area contributed by atoms with Crippen LogP contribution in [0.15, 0.2) is 42.6 Å². The van der Waals surface area contributed by atoms with Crippen molar-refractivity contribution in [2.24, 2.45) is 0 Å². The number of amides is 1. The van der Waals surface area contributed by atoms with Crippen molar-refractivity contribution in [1.82, 2.24) is 15.1 Å². The number of nitrogens with one attached hydrogen (secondary N) is 1. The number of hydrogen-bond acceptors (Lipinski definition) is 2. The molecule has 1 amide bonds. The summed E-state index contributed by atoms with van der Waals surface area (Å²) in [5.41, 5.74) is 2.12. The number of carbonyl (C=O) groups excluding carboxylic acids is 1. The van der Waals surface area contributed by atoms with Crippen LogP contribution >= 0.6 is 0 Å². The van der Waals surface area contributed by atoms with Gasteiger partial charge in [-0.15, -0.1) is 0 Å². The third-order valence-electron chi connectivity index (χ3n) is 3.29. The van der Waals surface area contributed by atoms with Crippen LogP contribution in [0.25, 0.3) is 0 Å². The van der Waals surface area contributed by atoms with E-state index in [1.165, 1.54) is 0 Å². The van der Waals surface area contributed by atoms with Gasteiger partial charge in [0.25, 0.3) is 0 Å². The zero-order chi connectivity index (χ0) is 14.4. The highest BCUT2D eigenvalue weighted by molar-refractivity contribution is 5.76. The first kappa shape index (κ1) is 14.3. The van der Waals surface area contributed by atoms with Crippen LogP contribution in [0.5, 0.6) is 0 Å². The van der Waals surface area contributed by atoms with Gasteiger partial charge in [0, 0.05) is 19.2 Å². The van der Waals surface area contributed by atoms with Crippen molar-refractivity contribution in [1.29, 1.82) is 0 Å². The molecule has 1 aromatic carbocycles. The van der Waals surface area contributed by atoms with Crippen molar-refractivity contribution < 1.29 is 4.79 Å². The lowest BCUT2D eigenvalue weighted by Crippen LogP contribution is -2.28. The number of nitrogens with zero attached hydrogens (tertiary/aromatic N) is 2. The van der Waals surface area contributed by atoms with E-state index in [1.807, 2.05) is 49.5 Å². The van der Waals surface area contributed by atoms with E-state index in [2.05, 4.69) is 17.3 Å². The van der Waals surface area contributed by atoms with Gasteiger partial charge < -0.3 is 5.32 Å². The molecule has 1 atom stereocenters. The van der Waals surface area contributed by atoms with Crippen LogP contribution in [-0.4, -0.2) is 15.7 Å². The van der Waals surface area contributed by atoms with Gasteiger partial charge in [0.1, 0.15) is 0 Å². The number of rotatable bonds is 6. The third kappa shape index (κ3) is 3.95. The molecule has 4 nitrogen and oxygen atoms in total.